The summed E-state index contributed by atoms with van der Waals surface area (Å²) in [7, 11) is 0. The zero-order valence-electron chi connectivity index (χ0n) is 14.1. The Bertz CT molecular complexity index is 752. The third-order valence-electron chi connectivity index (χ3n) is 3.78. The van der Waals surface area contributed by atoms with Crippen LogP contribution in [0.4, 0.5) is 4.79 Å². The van der Waals surface area contributed by atoms with Crippen molar-refractivity contribution in [1.82, 2.24) is 9.88 Å². The molecule has 0 spiro atoms. The van der Waals surface area contributed by atoms with E-state index >= 15 is 0 Å². The molecule has 3 rings (SSSR count). The van der Waals surface area contributed by atoms with E-state index in [1.807, 2.05) is 45.0 Å². The predicted molar refractivity (Wildman–Crippen MR) is 93.5 cm³/mol. The van der Waals surface area contributed by atoms with E-state index in [4.69, 9.17) is 21.1 Å². The van der Waals surface area contributed by atoms with Gasteiger partial charge in [-0.15, -0.1) is 0 Å². The number of nitrogens with zero attached hydrogens (tertiary/aromatic N) is 2. The average Bonchev–Trinajstić information content (AvgIpc) is 2.43. The molecule has 6 heteroatoms. The van der Waals surface area contributed by atoms with Crippen molar-refractivity contribution in [2.75, 3.05) is 19.7 Å². The predicted octanol–water partition coefficient (Wildman–Crippen LogP) is 4.13. The second-order valence-corrected chi connectivity index (χ2v) is 7.41. The Morgan fingerprint density at radius 3 is 2.79 bits per heavy atom. The molecule has 24 heavy (non-hydrogen) atoms. The zero-order chi connectivity index (χ0) is 17.3. The Morgan fingerprint density at radius 1 is 1.33 bits per heavy atom. The van der Waals surface area contributed by atoms with Gasteiger partial charge in [0.25, 0.3) is 0 Å². The standard InChI is InChI=1S/C18H21ClN2O3/c1-18(2,3)24-17(22)21-9-12(10-21)11-23-14-4-5-15-13(8-14)6-7-20-16(15)19/h4-8,12H,9-11H2,1-3H3. The smallest absolute Gasteiger partial charge is 0.410 e. The average molecular weight is 349 g/mol. The summed E-state index contributed by atoms with van der Waals surface area (Å²) < 4.78 is 11.2. The Balaban J connectivity index is 1.50. The first-order chi connectivity index (χ1) is 11.3. The third kappa shape index (κ3) is 3.90. The van der Waals surface area contributed by atoms with Crippen LogP contribution in [0.1, 0.15) is 20.8 Å². The fourth-order valence-electron chi connectivity index (χ4n) is 2.57. The van der Waals surface area contributed by atoms with Gasteiger partial charge in [-0.1, -0.05) is 11.6 Å². The van der Waals surface area contributed by atoms with Crippen LogP contribution in [0, 0.1) is 5.92 Å². The van der Waals surface area contributed by atoms with Crippen molar-refractivity contribution in [1.29, 1.82) is 0 Å². The number of hydrogen-bond donors (Lipinski definition) is 0. The van der Waals surface area contributed by atoms with E-state index in [0.29, 0.717) is 30.8 Å². The molecule has 5 nitrogen and oxygen atoms in total. The fourth-order valence-corrected chi connectivity index (χ4v) is 2.80. The van der Waals surface area contributed by atoms with Crippen LogP contribution in [0.2, 0.25) is 5.15 Å². The fraction of sp³-hybridized carbons (Fsp3) is 0.444. The number of likely N-dealkylation sites (tertiary alicyclic amines) is 1. The molecule has 1 aromatic heterocycles. The summed E-state index contributed by atoms with van der Waals surface area (Å²) in [5.41, 5.74) is -0.458. The van der Waals surface area contributed by atoms with E-state index in [-0.39, 0.29) is 6.09 Å². The number of pyridine rings is 1. The molecule has 0 aliphatic carbocycles. The number of aromatic nitrogens is 1. The van der Waals surface area contributed by atoms with E-state index in [1.165, 1.54) is 0 Å². The van der Waals surface area contributed by atoms with Crippen LogP contribution in [0.3, 0.4) is 0 Å². The highest BCUT2D eigenvalue weighted by Crippen LogP contribution is 2.26. The van der Waals surface area contributed by atoms with Gasteiger partial charge in [-0.3, -0.25) is 0 Å². The van der Waals surface area contributed by atoms with Crippen molar-refractivity contribution in [3.05, 3.63) is 35.6 Å². The topological polar surface area (TPSA) is 51.7 Å². The molecule has 1 aliphatic rings. The lowest BCUT2D eigenvalue weighted by molar-refractivity contribution is -0.00780. The lowest BCUT2D eigenvalue weighted by atomic mass is 10.0. The lowest BCUT2D eigenvalue weighted by Crippen LogP contribution is -2.53. The van der Waals surface area contributed by atoms with Crippen LogP contribution in [0.25, 0.3) is 10.8 Å². The number of amides is 1. The third-order valence-corrected chi connectivity index (χ3v) is 4.08. The number of rotatable bonds is 3. The van der Waals surface area contributed by atoms with Gasteiger partial charge in [-0.2, -0.15) is 0 Å². The molecule has 1 aliphatic heterocycles. The van der Waals surface area contributed by atoms with Crippen molar-refractivity contribution in [3.8, 4) is 5.75 Å². The van der Waals surface area contributed by atoms with Gasteiger partial charge in [0.05, 0.1) is 6.61 Å². The van der Waals surface area contributed by atoms with Gasteiger partial charge < -0.3 is 14.4 Å². The lowest BCUT2D eigenvalue weighted by Gasteiger charge is -2.39. The van der Waals surface area contributed by atoms with Crippen LogP contribution in [0.15, 0.2) is 30.5 Å². The Labute approximate surface area is 146 Å². The summed E-state index contributed by atoms with van der Waals surface area (Å²) in [5.74, 6) is 1.12. The van der Waals surface area contributed by atoms with E-state index < -0.39 is 5.60 Å². The number of carbonyl (C=O) groups is 1. The number of carbonyl (C=O) groups excluding carboxylic acids is 1. The molecular weight excluding hydrogens is 328 g/mol. The number of benzene rings is 1. The monoisotopic (exact) mass is 348 g/mol. The summed E-state index contributed by atoms with van der Waals surface area (Å²) in [5, 5.41) is 2.40. The Morgan fingerprint density at radius 2 is 2.08 bits per heavy atom. The first kappa shape index (κ1) is 16.8. The number of hydrogen-bond acceptors (Lipinski definition) is 4. The van der Waals surface area contributed by atoms with E-state index in [9.17, 15) is 4.79 Å². The molecule has 2 aromatic rings. The molecule has 0 radical (unpaired) electrons. The number of ether oxygens (including phenoxy) is 2. The van der Waals surface area contributed by atoms with Crippen molar-refractivity contribution >= 4 is 28.5 Å². The first-order valence-corrected chi connectivity index (χ1v) is 8.34. The quantitative estimate of drug-likeness (QED) is 0.782. The minimum absolute atomic E-state index is 0.258. The van der Waals surface area contributed by atoms with Crippen LogP contribution in [0.5, 0.6) is 5.75 Å². The molecule has 2 heterocycles. The first-order valence-electron chi connectivity index (χ1n) is 7.97. The summed E-state index contributed by atoms with van der Waals surface area (Å²) in [4.78, 5) is 17.6. The van der Waals surface area contributed by atoms with Gasteiger partial charge in [-0.25, -0.2) is 9.78 Å². The van der Waals surface area contributed by atoms with E-state index in [0.717, 1.165) is 16.5 Å². The Kier molecular flexibility index (Phi) is 4.54. The molecule has 0 bridgehead atoms. The van der Waals surface area contributed by atoms with Crippen LogP contribution >= 0.6 is 11.6 Å². The highest BCUT2D eigenvalue weighted by molar-refractivity contribution is 6.34. The van der Waals surface area contributed by atoms with Gasteiger partial charge in [-0.05, 0) is 50.4 Å². The molecule has 0 unspecified atom stereocenters. The maximum atomic E-state index is 11.9. The van der Waals surface area contributed by atoms with Gasteiger partial charge in [0.2, 0.25) is 0 Å². The molecule has 1 fully saturated rings. The largest absolute Gasteiger partial charge is 0.493 e. The van der Waals surface area contributed by atoms with Crippen molar-refractivity contribution in [2.24, 2.45) is 5.92 Å². The van der Waals surface area contributed by atoms with Gasteiger partial charge in [0.1, 0.15) is 16.5 Å². The molecule has 0 atom stereocenters. The van der Waals surface area contributed by atoms with Crippen LogP contribution < -0.4 is 4.74 Å². The molecule has 1 saturated heterocycles. The summed E-state index contributed by atoms with van der Waals surface area (Å²) in [6, 6.07) is 7.66. The second-order valence-electron chi connectivity index (χ2n) is 7.05. The highest BCUT2D eigenvalue weighted by atomic mass is 35.5. The minimum atomic E-state index is -0.458. The minimum Gasteiger partial charge on any atom is -0.493 e. The van der Waals surface area contributed by atoms with Crippen molar-refractivity contribution in [2.45, 2.75) is 26.4 Å². The maximum absolute atomic E-state index is 11.9. The number of fused-ring (bicyclic) bond motifs is 1. The summed E-state index contributed by atoms with van der Waals surface area (Å²) in [6.07, 6.45) is 1.42. The second kappa shape index (κ2) is 6.48. The SMILES string of the molecule is CC(C)(C)OC(=O)N1CC(COc2ccc3c(Cl)nccc3c2)C1. The molecule has 0 N–H and O–H groups in total. The van der Waals surface area contributed by atoms with Gasteiger partial charge >= 0.3 is 6.09 Å². The van der Waals surface area contributed by atoms with Crippen LogP contribution in [-0.2, 0) is 4.74 Å². The zero-order valence-corrected chi connectivity index (χ0v) is 14.8. The van der Waals surface area contributed by atoms with Crippen LogP contribution in [-0.4, -0.2) is 41.3 Å². The van der Waals surface area contributed by atoms with Gasteiger partial charge in [0.15, 0.2) is 0 Å². The number of halogens is 1. The van der Waals surface area contributed by atoms with Crippen molar-refractivity contribution in [3.63, 3.8) is 0 Å². The normalized spacial score (nSPS) is 15.2. The molecule has 0 saturated carbocycles. The van der Waals surface area contributed by atoms with Gasteiger partial charge in [0, 0.05) is 30.6 Å². The molecule has 1 aromatic carbocycles. The van der Waals surface area contributed by atoms with E-state index in [1.54, 1.807) is 11.1 Å². The summed E-state index contributed by atoms with van der Waals surface area (Å²) in [6.45, 7) is 7.51. The molecule has 1 amide bonds. The maximum Gasteiger partial charge on any atom is 0.410 e. The summed E-state index contributed by atoms with van der Waals surface area (Å²) >= 11 is 6.06. The van der Waals surface area contributed by atoms with E-state index in [2.05, 4.69) is 4.98 Å². The molecular formula is C18H21ClN2O3. The van der Waals surface area contributed by atoms with Crippen molar-refractivity contribution < 1.29 is 14.3 Å². The Hall–Kier alpha value is -2.01. The molecule has 128 valence electrons. The highest BCUT2D eigenvalue weighted by Gasteiger charge is 2.34.